The summed E-state index contributed by atoms with van der Waals surface area (Å²) in [6.45, 7) is 0. The molecule has 0 aromatic heterocycles. The molecule has 1 atom stereocenters. The van der Waals surface area contributed by atoms with E-state index >= 15 is 0 Å². The summed E-state index contributed by atoms with van der Waals surface area (Å²) in [6, 6.07) is 3.03. The van der Waals surface area contributed by atoms with Crippen molar-refractivity contribution in [2.45, 2.75) is 6.23 Å². The molecule has 1 aliphatic rings. The van der Waals surface area contributed by atoms with Gasteiger partial charge in [0.25, 0.3) is 0 Å². The van der Waals surface area contributed by atoms with Gasteiger partial charge in [0.2, 0.25) is 6.23 Å². The fourth-order valence-corrected chi connectivity index (χ4v) is 1.15. The number of nitrogens with one attached hydrogen (secondary N) is 2. The summed E-state index contributed by atoms with van der Waals surface area (Å²) in [5, 5.41) is 0. The van der Waals surface area contributed by atoms with E-state index in [1.807, 2.05) is 0 Å². The van der Waals surface area contributed by atoms with Crippen LogP contribution in [-0.4, -0.2) is 6.09 Å². The Balaban J connectivity index is 2.28. The molecule has 2 N–H and O–H groups in total. The number of rotatable bonds is 1. The zero-order valence-corrected chi connectivity index (χ0v) is 6.88. The second kappa shape index (κ2) is 3.22. The highest BCUT2D eigenvalue weighted by molar-refractivity contribution is 5.68. The molecule has 1 aromatic carbocycles. The molecule has 4 nitrogen and oxygen atoms in total. The van der Waals surface area contributed by atoms with Crippen LogP contribution in [0.2, 0.25) is 0 Å². The molecule has 0 saturated carbocycles. The van der Waals surface area contributed by atoms with E-state index in [1.54, 1.807) is 0 Å². The largest absolute Gasteiger partial charge is 0.423 e. The molecule has 1 unspecified atom stereocenters. The van der Waals surface area contributed by atoms with Gasteiger partial charge in [0, 0.05) is 11.6 Å². The second-order valence-electron chi connectivity index (χ2n) is 2.72. The van der Waals surface area contributed by atoms with Crippen LogP contribution in [0.5, 0.6) is 0 Å². The molecule has 1 aliphatic heterocycles. The summed E-state index contributed by atoms with van der Waals surface area (Å²) in [6.07, 6.45) is -1.61. The van der Waals surface area contributed by atoms with Crippen molar-refractivity contribution in [3.05, 3.63) is 35.4 Å². The molecule has 1 heterocycles. The smallest absolute Gasteiger partial charge is 0.423 e. The number of cyclic esters (lactones) is 1. The molecule has 14 heavy (non-hydrogen) atoms. The summed E-state index contributed by atoms with van der Waals surface area (Å²) in [4.78, 5) is 10.6. The van der Waals surface area contributed by atoms with Crippen molar-refractivity contribution in [1.82, 2.24) is 10.9 Å². The van der Waals surface area contributed by atoms with Crippen molar-refractivity contribution >= 4 is 6.09 Å². The van der Waals surface area contributed by atoms with Gasteiger partial charge in [-0.2, -0.15) is 5.43 Å². The van der Waals surface area contributed by atoms with Gasteiger partial charge in [0.05, 0.1) is 0 Å². The first kappa shape index (κ1) is 8.89. The number of hydrogen-bond donors (Lipinski definition) is 2. The van der Waals surface area contributed by atoms with E-state index in [-0.39, 0.29) is 5.56 Å². The number of ether oxygens (including phenoxy) is 1. The van der Waals surface area contributed by atoms with E-state index in [4.69, 9.17) is 0 Å². The highest BCUT2D eigenvalue weighted by Crippen LogP contribution is 2.20. The predicted octanol–water partition coefficient (Wildman–Crippen LogP) is 1.21. The molecule has 1 saturated heterocycles. The molecular formula is C8H6F2N2O2. The Hall–Kier alpha value is -1.69. The highest BCUT2D eigenvalue weighted by atomic mass is 19.1. The van der Waals surface area contributed by atoms with Gasteiger partial charge in [-0.25, -0.2) is 13.6 Å². The molecule has 1 aromatic rings. The number of hydrogen-bond acceptors (Lipinski definition) is 3. The molecule has 2 rings (SSSR count). The maximum atomic E-state index is 13.1. The number of carbonyl (C=O) groups is 1. The van der Waals surface area contributed by atoms with Crippen molar-refractivity contribution in [1.29, 1.82) is 0 Å². The molecule has 1 amide bonds. The molecule has 1 fully saturated rings. The van der Waals surface area contributed by atoms with Crippen LogP contribution in [0.3, 0.4) is 0 Å². The van der Waals surface area contributed by atoms with E-state index in [9.17, 15) is 13.6 Å². The Morgan fingerprint density at radius 2 is 2.14 bits per heavy atom. The fraction of sp³-hybridized carbons (Fsp3) is 0.125. The van der Waals surface area contributed by atoms with Gasteiger partial charge in [0.1, 0.15) is 11.6 Å². The summed E-state index contributed by atoms with van der Waals surface area (Å²) in [7, 11) is 0. The van der Waals surface area contributed by atoms with Gasteiger partial charge in [-0.15, -0.1) is 0 Å². The molecular weight excluding hydrogens is 194 g/mol. The third kappa shape index (κ3) is 1.51. The van der Waals surface area contributed by atoms with Crippen LogP contribution in [0.25, 0.3) is 0 Å². The Kier molecular flexibility index (Phi) is 2.05. The summed E-state index contributed by atoms with van der Waals surface area (Å²) in [5.74, 6) is -1.44. The molecule has 0 bridgehead atoms. The average molecular weight is 200 g/mol. The van der Waals surface area contributed by atoms with Crippen molar-refractivity contribution < 1.29 is 18.3 Å². The number of hydrazine groups is 1. The number of carbonyl (C=O) groups excluding carboxylic acids is 1. The molecule has 6 heteroatoms. The SMILES string of the molecule is O=C1NNC(c2ccc(F)cc2F)O1. The van der Waals surface area contributed by atoms with Crippen LogP contribution in [0.15, 0.2) is 18.2 Å². The minimum absolute atomic E-state index is 0.0738. The van der Waals surface area contributed by atoms with Crippen LogP contribution in [0, 0.1) is 11.6 Å². The third-order valence-electron chi connectivity index (χ3n) is 1.78. The number of amides is 1. The van der Waals surface area contributed by atoms with Gasteiger partial charge in [-0.1, -0.05) is 0 Å². The van der Waals surface area contributed by atoms with E-state index in [2.05, 4.69) is 15.6 Å². The van der Waals surface area contributed by atoms with Crippen LogP contribution in [-0.2, 0) is 4.74 Å². The topological polar surface area (TPSA) is 50.4 Å². The average Bonchev–Trinajstić information content (AvgIpc) is 2.51. The lowest BCUT2D eigenvalue weighted by Crippen LogP contribution is -2.27. The Morgan fingerprint density at radius 1 is 1.36 bits per heavy atom. The lowest BCUT2D eigenvalue weighted by molar-refractivity contribution is 0.128. The minimum Gasteiger partial charge on any atom is -0.423 e. The van der Waals surface area contributed by atoms with E-state index in [0.717, 1.165) is 12.1 Å². The Labute approximate surface area is 77.8 Å². The zero-order valence-electron chi connectivity index (χ0n) is 6.88. The Bertz CT molecular complexity index is 384. The molecule has 0 spiro atoms. The van der Waals surface area contributed by atoms with Gasteiger partial charge >= 0.3 is 6.09 Å². The zero-order chi connectivity index (χ0) is 10.1. The van der Waals surface area contributed by atoms with Crippen molar-refractivity contribution in [2.24, 2.45) is 0 Å². The first-order valence-electron chi connectivity index (χ1n) is 3.84. The predicted molar refractivity (Wildman–Crippen MR) is 41.9 cm³/mol. The van der Waals surface area contributed by atoms with Crippen LogP contribution >= 0.6 is 0 Å². The highest BCUT2D eigenvalue weighted by Gasteiger charge is 2.26. The van der Waals surface area contributed by atoms with E-state index in [1.165, 1.54) is 6.07 Å². The van der Waals surface area contributed by atoms with Crippen molar-refractivity contribution in [3.8, 4) is 0 Å². The van der Waals surface area contributed by atoms with Crippen LogP contribution < -0.4 is 10.9 Å². The summed E-state index contributed by atoms with van der Waals surface area (Å²) in [5.41, 5.74) is 4.61. The Morgan fingerprint density at radius 3 is 2.71 bits per heavy atom. The van der Waals surface area contributed by atoms with Gasteiger partial charge in [0.15, 0.2) is 0 Å². The minimum atomic E-state index is -0.914. The molecule has 0 radical (unpaired) electrons. The molecule has 0 aliphatic carbocycles. The van der Waals surface area contributed by atoms with Gasteiger partial charge < -0.3 is 4.74 Å². The number of benzene rings is 1. The quantitative estimate of drug-likeness (QED) is 0.716. The third-order valence-corrected chi connectivity index (χ3v) is 1.78. The van der Waals surface area contributed by atoms with Crippen LogP contribution in [0.4, 0.5) is 13.6 Å². The summed E-state index contributed by atoms with van der Waals surface area (Å²) < 4.78 is 30.3. The first-order valence-corrected chi connectivity index (χ1v) is 3.84. The lowest BCUT2D eigenvalue weighted by Gasteiger charge is -2.08. The summed E-state index contributed by atoms with van der Waals surface area (Å²) >= 11 is 0. The maximum absolute atomic E-state index is 13.1. The van der Waals surface area contributed by atoms with E-state index < -0.39 is 24.0 Å². The molecule has 74 valence electrons. The normalized spacial score (nSPS) is 20.4. The first-order chi connectivity index (χ1) is 6.66. The van der Waals surface area contributed by atoms with Crippen molar-refractivity contribution in [2.75, 3.05) is 0 Å². The monoisotopic (exact) mass is 200 g/mol. The number of halogens is 2. The van der Waals surface area contributed by atoms with E-state index in [0.29, 0.717) is 0 Å². The van der Waals surface area contributed by atoms with Crippen LogP contribution in [0.1, 0.15) is 11.8 Å². The fourth-order valence-electron chi connectivity index (χ4n) is 1.15. The second-order valence-corrected chi connectivity index (χ2v) is 2.72. The maximum Gasteiger partial charge on any atom is 0.423 e. The van der Waals surface area contributed by atoms with Gasteiger partial charge in [-0.05, 0) is 12.1 Å². The van der Waals surface area contributed by atoms with Gasteiger partial charge in [-0.3, -0.25) is 5.43 Å². The standard InChI is InChI=1S/C8H6F2N2O2/c9-4-1-2-5(6(10)3-4)7-11-12-8(13)14-7/h1-3,7,11H,(H,12,13). The lowest BCUT2D eigenvalue weighted by atomic mass is 10.2. The van der Waals surface area contributed by atoms with Crippen molar-refractivity contribution in [3.63, 3.8) is 0 Å².